The summed E-state index contributed by atoms with van der Waals surface area (Å²) in [5, 5.41) is 72.1. The van der Waals surface area contributed by atoms with Gasteiger partial charge in [0.25, 0.3) is 0 Å². The molecule has 0 aliphatic rings. The van der Waals surface area contributed by atoms with Crippen LogP contribution < -0.4 is 0 Å². The third-order valence-corrected chi connectivity index (χ3v) is 10.4. The summed E-state index contributed by atoms with van der Waals surface area (Å²) in [6.07, 6.45) is 2.95. The molecular weight excluding hydrogens is 677 g/mol. The van der Waals surface area contributed by atoms with Gasteiger partial charge in [-0.2, -0.15) is 0 Å². The van der Waals surface area contributed by atoms with Crippen LogP contribution in [0.2, 0.25) is 0 Å². The van der Waals surface area contributed by atoms with Crippen molar-refractivity contribution in [2.45, 2.75) is 79.3 Å². The van der Waals surface area contributed by atoms with Crippen LogP contribution in [0.4, 0.5) is 0 Å². The summed E-state index contributed by atoms with van der Waals surface area (Å²) in [5.41, 5.74) is 4.93. The van der Waals surface area contributed by atoms with E-state index in [-0.39, 0.29) is 68.8 Å². The smallest absolute Gasteiger partial charge is 0.167 e. The van der Waals surface area contributed by atoms with Crippen molar-refractivity contribution in [2.75, 3.05) is 0 Å². The number of phenols is 6. The van der Waals surface area contributed by atoms with E-state index < -0.39 is 11.5 Å². The number of benzene rings is 6. The predicted molar refractivity (Wildman–Crippen MR) is 219 cm³/mol. The molecule has 8 nitrogen and oxygen atoms in total. The molecule has 0 fully saturated rings. The fraction of sp³-hybridized carbons (Fsp3) is 0.261. The first kappa shape index (κ1) is 37.7. The standard InChI is InChI=1S/C46H48N2O6/c1-23(2)35-31-19-25(5)37(43(51)39(31)33(41(49)45(35)53)21-47-27(7)29-15-11-9-12-16-29)38-26(6)20-32-36(24(3)4)46(54)42(50)34(40(32)44(38)52)22-48-28(8)30-17-13-10-14-18-30/h9-24,27-28,49-54H,1-8H3/t27-,28+. The molecule has 6 rings (SSSR count). The van der Waals surface area contributed by atoms with Crippen LogP contribution >= 0.6 is 0 Å². The average molecular weight is 725 g/mol. The maximum atomic E-state index is 12.4. The molecule has 0 amide bonds. The van der Waals surface area contributed by atoms with Gasteiger partial charge < -0.3 is 30.6 Å². The van der Waals surface area contributed by atoms with Crippen LogP contribution in [0.3, 0.4) is 0 Å². The summed E-state index contributed by atoms with van der Waals surface area (Å²) in [6.45, 7) is 15.1. The van der Waals surface area contributed by atoms with Crippen LogP contribution in [0, 0.1) is 13.8 Å². The number of aryl methyl sites for hydroxylation is 2. The van der Waals surface area contributed by atoms with E-state index in [0.29, 0.717) is 44.2 Å². The molecule has 54 heavy (non-hydrogen) atoms. The zero-order valence-corrected chi connectivity index (χ0v) is 32.0. The Morgan fingerprint density at radius 2 is 0.796 bits per heavy atom. The monoisotopic (exact) mass is 724 g/mol. The van der Waals surface area contributed by atoms with E-state index >= 15 is 0 Å². The highest BCUT2D eigenvalue weighted by atomic mass is 16.3. The van der Waals surface area contributed by atoms with Gasteiger partial charge in [-0.05, 0) is 72.6 Å². The van der Waals surface area contributed by atoms with Crippen LogP contribution in [0.15, 0.2) is 82.8 Å². The van der Waals surface area contributed by atoms with E-state index in [2.05, 4.69) is 0 Å². The van der Waals surface area contributed by atoms with Crippen molar-refractivity contribution in [1.29, 1.82) is 0 Å². The average Bonchev–Trinajstić information content (AvgIpc) is 3.13. The lowest BCUT2D eigenvalue weighted by molar-refractivity contribution is 0.398. The topological polar surface area (TPSA) is 146 Å². The molecule has 0 bridgehead atoms. The summed E-state index contributed by atoms with van der Waals surface area (Å²) in [6, 6.07) is 22.4. The lowest BCUT2D eigenvalue weighted by Gasteiger charge is -2.23. The number of phenolic OH excluding ortho intramolecular Hbond substituents is 6. The Hall–Kier alpha value is -6.02. The highest BCUT2D eigenvalue weighted by Gasteiger charge is 2.29. The lowest BCUT2D eigenvalue weighted by Crippen LogP contribution is -2.02. The molecule has 278 valence electrons. The van der Waals surface area contributed by atoms with E-state index in [0.717, 1.165) is 11.1 Å². The van der Waals surface area contributed by atoms with E-state index in [1.807, 2.05) is 128 Å². The molecular formula is C46H48N2O6. The van der Waals surface area contributed by atoms with E-state index in [4.69, 9.17) is 9.98 Å². The van der Waals surface area contributed by atoms with Crippen LogP contribution in [-0.2, 0) is 0 Å². The molecule has 0 aliphatic heterocycles. The van der Waals surface area contributed by atoms with E-state index in [9.17, 15) is 30.6 Å². The molecule has 0 aromatic heterocycles. The largest absolute Gasteiger partial charge is 0.507 e. The molecule has 0 spiro atoms. The second-order valence-corrected chi connectivity index (χ2v) is 14.8. The number of nitrogens with zero attached hydrogens (tertiary/aromatic N) is 2. The van der Waals surface area contributed by atoms with E-state index in [1.54, 1.807) is 0 Å². The first-order valence-electron chi connectivity index (χ1n) is 18.3. The van der Waals surface area contributed by atoms with Crippen LogP contribution in [0.5, 0.6) is 34.5 Å². The number of fused-ring (bicyclic) bond motifs is 2. The minimum Gasteiger partial charge on any atom is -0.507 e. The van der Waals surface area contributed by atoms with Gasteiger partial charge in [0, 0.05) is 56.6 Å². The minimum atomic E-state index is -0.409. The van der Waals surface area contributed by atoms with Gasteiger partial charge in [-0.3, -0.25) is 9.98 Å². The van der Waals surface area contributed by atoms with Gasteiger partial charge in [0.05, 0.1) is 12.1 Å². The first-order chi connectivity index (χ1) is 25.6. The van der Waals surface area contributed by atoms with Crippen molar-refractivity contribution in [3.8, 4) is 45.6 Å². The Bertz CT molecular complexity index is 2280. The molecule has 2 atom stereocenters. The van der Waals surface area contributed by atoms with Gasteiger partial charge in [0.1, 0.15) is 11.5 Å². The number of hydrogen-bond donors (Lipinski definition) is 6. The van der Waals surface area contributed by atoms with E-state index in [1.165, 1.54) is 12.4 Å². The minimum absolute atomic E-state index is 0.138. The zero-order chi connectivity index (χ0) is 39.2. The van der Waals surface area contributed by atoms with Crippen molar-refractivity contribution in [3.05, 3.63) is 117 Å². The quantitative estimate of drug-likeness (QED) is 0.0646. The van der Waals surface area contributed by atoms with Gasteiger partial charge in [-0.15, -0.1) is 0 Å². The van der Waals surface area contributed by atoms with Gasteiger partial charge in [-0.25, -0.2) is 0 Å². The maximum absolute atomic E-state index is 12.4. The Morgan fingerprint density at radius 1 is 0.463 bits per heavy atom. The summed E-state index contributed by atoms with van der Waals surface area (Å²) >= 11 is 0. The lowest BCUT2D eigenvalue weighted by atomic mass is 9.83. The molecule has 8 heteroatoms. The fourth-order valence-corrected chi connectivity index (χ4v) is 7.63. The fourth-order valence-electron chi connectivity index (χ4n) is 7.63. The van der Waals surface area contributed by atoms with Gasteiger partial charge in [0.2, 0.25) is 0 Å². The molecule has 6 N–H and O–H groups in total. The van der Waals surface area contributed by atoms with Crippen molar-refractivity contribution in [2.24, 2.45) is 9.98 Å². The van der Waals surface area contributed by atoms with Crippen molar-refractivity contribution in [3.63, 3.8) is 0 Å². The molecule has 0 aliphatic carbocycles. The van der Waals surface area contributed by atoms with Crippen molar-refractivity contribution >= 4 is 34.0 Å². The number of aromatic hydroxyl groups is 6. The van der Waals surface area contributed by atoms with Crippen molar-refractivity contribution in [1.82, 2.24) is 0 Å². The van der Waals surface area contributed by atoms with Gasteiger partial charge in [-0.1, -0.05) is 100 Å². The summed E-state index contributed by atoms with van der Waals surface area (Å²) in [4.78, 5) is 9.45. The summed E-state index contributed by atoms with van der Waals surface area (Å²) in [5.74, 6) is -2.26. The SMILES string of the molecule is Cc1cc2c(C(C)C)c(O)c(O)c(C=N[C@@H](C)c3ccccc3)c2c(O)c1-c1c(C)cc2c(C(C)C)c(O)c(O)c(C=N[C@H](C)c3ccccc3)c2c1O. The summed E-state index contributed by atoms with van der Waals surface area (Å²) in [7, 11) is 0. The second kappa shape index (κ2) is 14.8. The van der Waals surface area contributed by atoms with Gasteiger partial charge in [0.15, 0.2) is 23.0 Å². The molecule has 0 unspecified atom stereocenters. The van der Waals surface area contributed by atoms with Crippen LogP contribution in [-0.4, -0.2) is 43.1 Å². The molecule has 0 saturated carbocycles. The Labute approximate surface area is 316 Å². The number of hydrogen-bond acceptors (Lipinski definition) is 8. The molecule has 0 radical (unpaired) electrons. The van der Waals surface area contributed by atoms with Crippen LogP contribution in [0.1, 0.15) is 110 Å². The summed E-state index contributed by atoms with van der Waals surface area (Å²) < 4.78 is 0. The second-order valence-electron chi connectivity index (χ2n) is 14.8. The Morgan fingerprint density at radius 3 is 1.11 bits per heavy atom. The van der Waals surface area contributed by atoms with Gasteiger partial charge >= 0.3 is 0 Å². The van der Waals surface area contributed by atoms with Crippen LogP contribution in [0.25, 0.3) is 32.7 Å². The first-order valence-corrected chi connectivity index (χ1v) is 18.3. The number of rotatable bonds is 9. The molecule has 0 heterocycles. The highest BCUT2D eigenvalue weighted by molar-refractivity contribution is 6.15. The molecule has 6 aromatic rings. The zero-order valence-electron chi connectivity index (χ0n) is 32.0. The molecule has 6 aromatic carbocycles. The Kier molecular flexibility index (Phi) is 10.3. The normalized spacial score (nSPS) is 13.3. The van der Waals surface area contributed by atoms with Crippen molar-refractivity contribution < 1.29 is 30.6 Å². The third kappa shape index (κ3) is 6.46. The highest BCUT2D eigenvalue weighted by Crippen LogP contribution is 2.54. The maximum Gasteiger partial charge on any atom is 0.167 e. The third-order valence-electron chi connectivity index (χ3n) is 10.4. The number of aliphatic imine (C=N–C) groups is 2. The molecule has 0 saturated heterocycles. The Balaban J connectivity index is 1.68. The predicted octanol–water partition coefficient (Wildman–Crippen LogP) is 11.1.